The highest BCUT2D eigenvalue weighted by atomic mass is 79.9. The van der Waals surface area contributed by atoms with Gasteiger partial charge in [0.25, 0.3) is 5.69 Å². The molecule has 0 radical (unpaired) electrons. The second kappa shape index (κ2) is 4.10. The number of hydrogen-bond acceptors (Lipinski definition) is 4. The Kier molecular flexibility index (Phi) is 3.08. The first-order valence-corrected chi connectivity index (χ1v) is 4.28. The summed E-state index contributed by atoms with van der Waals surface area (Å²) >= 11 is 2.95. The Bertz CT molecular complexity index is 416. The minimum atomic E-state index is -0.678. The van der Waals surface area contributed by atoms with Crippen LogP contribution in [0.5, 0.6) is 0 Å². The van der Waals surface area contributed by atoms with Gasteiger partial charge in [0.1, 0.15) is 5.56 Å². The number of nitro benzene ring substituents is 1. The molecule has 0 fully saturated rings. The number of nitrogens with zero attached hydrogens (tertiary/aromatic N) is 1. The summed E-state index contributed by atoms with van der Waals surface area (Å²) in [6.45, 7) is 0. The number of aldehydes is 2. The van der Waals surface area contributed by atoms with Crippen LogP contribution in [0, 0.1) is 10.1 Å². The van der Waals surface area contributed by atoms with E-state index < -0.39 is 4.92 Å². The van der Waals surface area contributed by atoms with Gasteiger partial charge in [-0.2, -0.15) is 0 Å². The second-order valence-electron chi connectivity index (χ2n) is 2.39. The first-order chi connectivity index (χ1) is 6.61. The molecule has 0 amide bonds. The zero-order chi connectivity index (χ0) is 10.7. The number of benzene rings is 1. The SMILES string of the molecule is O=Cc1ccc([N+](=O)[O-])c(C=O)c1Br. The Hall–Kier alpha value is -1.56. The van der Waals surface area contributed by atoms with Crippen molar-refractivity contribution >= 4 is 34.2 Å². The van der Waals surface area contributed by atoms with Crippen LogP contribution in [0.4, 0.5) is 5.69 Å². The molecule has 0 aliphatic heterocycles. The van der Waals surface area contributed by atoms with E-state index in [4.69, 9.17) is 0 Å². The average molecular weight is 258 g/mol. The van der Waals surface area contributed by atoms with Gasteiger partial charge in [0, 0.05) is 16.1 Å². The summed E-state index contributed by atoms with van der Waals surface area (Å²) in [7, 11) is 0. The van der Waals surface area contributed by atoms with Crippen molar-refractivity contribution < 1.29 is 14.5 Å². The Balaban J connectivity index is 3.50. The van der Waals surface area contributed by atoms with Crippen molar-refractivity contribution in [1.82, 2.24) is 0 Å². The van der Waals surface area contributed by atoms with Gasteiger partial charge in [0.15, 0.2) is 12.6 Å². The van der Waals surface area contributed by atoms with Gasteiger partial charge in [-0.15, -0.1) is 0 Å². The summed E-state index contributed by atoms with van der Waals surface area (Å²) in [4.78, 5) is 30.8. The highest BCUT2D eigenvalue weighted by Gasteiger charge is 2.18. The fourth-order valence-electron chi connectivity index (χ4n) is 0.962. The quantitative estimate of drug-likeness (QED) is 0.471. The van der Waals surface area contributed by atoms with Crippen molar-refractivity contribution in [2.45, 2.75) is 0 Å². The van der Waals surface area contributed by atoms with Gasteiger partial charge < -0.3 is 0 Å². The third-order valence-corrected chi connectivity index (χ3v) is 2.51. The van der Waals surface area contributed by atoms with Crippen molar-refractivity contribution in [3.8, 4) is 0 Å². The maximum absolute atomic E-state index is 10.6. The third kappa shape index (κ3) is 1.69. The van der Waals surface area contributed by atoms with E-state index in [1.807, 2.05) is 0 Å². The molecular weight excluding hydrogens is 254 g/mol. The highest BCUT2D eigenvalue weighted by molar-refractivity contribution is 9.10. The smallest absolute Gasteiger partial charge is 0.281 e. The van der Waals surface area contributed by atoms with Crippen LogP contribution in [-0.2, 0) is 0 Å². The van der Waals surface area contributed by atoms with Crippen LogP contribution in [0.3, 0.4) is 0 Å². The molecule has 6 heteroatoms. The molecule has 14 heavy (non-hydrogen) atoms. The minimum absolute atomic E-state index is 0.125. The lowest BCUT2D eigenvalue weighted by atomic mass is 10.1. The molecule has 0 aliphatic rings. The Morgan fingerprint density at radius 3 is 2.36 bits per heavy atom. The number of halogens is 1. The predicted octanol–water partition coefficient (Wildman–Crippen LogP) is 1.98. The number of carbonyl (C=O) groups is 2. The van der Waals surface area contributed by atoms with Crippen molar-refractivity contribution in [2.75, 3.05) is 0 Å². The van der Waals surface area contributed by atoms with E-state index in [1.54, 1.807) is 0 Å². The van der Waals surface area contributed by atoms with Crippen LogP contribution in [0.2, 0.25) is 0 Å². The molecule has 0 heterocycles. The van der Waals surface area contributed by atoms with Gasteiger partial charge in [-0.25, -0.2) is 0 Å². The van der Waals surface area contributed by atoms with Crippen LogP contribution >= 0.6 is 15.9 Å². The summed E-state index contributed by atoms with van der Waals surface area (Å²) < 4.78 is 0.150. The predicted molar refractivity (Wildman–Crippen MR) is 51.6 cm³/mol. The molecule has 1 rings (SSSR count). The Labute approximate surface area is 87.0 Å². The molecule has 0 aliphatic carbocycles. The van der Waals surface area contributed by atoms with E-state index in [-0.39, 0.29) is 21.3 Å². The molecule has 1 aromatic rings. The number of carbonyl (C=O) groups excluding carboxylic acids is 2. The molecule has 0 aromatic heterocycles. The van der Waals surface area contributed by atoms with Crippen LogP contribution in [0.15, 0.2) is 16.6 Å². The maximum atomic E-state index is 10.6. The fourth-order valence-corrected chi connectivity index (χ4v) is 1.48. The van der Waals surface area contributed by atoms with Crippen molar-refractivity contribution in [1.29, 1.82) is 0 Å². The monoisotopic (exact) mass is 257 g/mol. The maximum Gasteiger partial charge on any atom is 0.281 e. The summed E-state index contributed by atoms with van der Waals surface area (Å²) in [5.74, 6) is 0. The molecule has 1 aromatic carbocycles. The molecule has 0 spiro atoms. The number of nitro groups is 1. The molecule has 0 unspecified atom stereocenters. The highest BCUT2D eigenvalue weighted by Crippen LogP contribution is 2.27. The van der Waals surface area contributed by atoms with Gasteiger partial charge >= 0.3 is 0 Å². The lowest BCUT2D eigenvalue weighted by molar-refractivity contribution is -0.385. The molecule has 5 nitrogen and oxygen atoms in total. The molecule has 0 saturated heterocycles. The van der Waals surface area contributed by atoms with E-state index in [1.165, 1.54) is 6.07 Å². The first kappa shape index (κ1) is 10.5. The van der Waals surface area contributed by atoms with Gasteiger partial charge in [-0.1, -0.05) is 0 Å². The summed E-state index contributed by atoms with van der Waals surface area (Å²) in [5.41, 5.74) is -0.241. The normalized spacial score (nSPS) is 9.50. The van der Waals surface area contributed by atoms with Crippen molar-refractivity contribution in [3.05, 3.63) is 37.8 Å². The Morgan fingerprint density at radius 2 is 1.93 bits per heavy atom. The molecule has 72 valence electrons. The van der Waals surface area contributed by atoms with Crippen molar-refractivity contribution in [3.63, 3.8) is 0 Å². The summed E-state index contributed by atoms with van der Waals surface area (Å²) in [6.07, 6.45) is 0.857. The number of rotatable bonds is 3. The first-order valence-electron chi connectivity index (χ1n) is 3.49. The minimum Gasteiger partial charge on any atom is -0.298 e. The topological polar surface area (TPSA) is 77.3 Å². The standard InChI is InChI=1S/C8H4BrNO4/c9-8-5(3-11)1-2-7(10(13)14)6(8)4-12/h1-4H. The second-order valence-corrected chi connectivity index (χ2v) is 3.19. The summed E-state index contributed by atoms with van der Waals surface area (Å²) in [5, 5.41) is 10.5. The third-order valence-electron chi connectivity index (χ3n) is 1.63. The lowest BCUT2D eigenvalue weighted by Gasteiger charge is -2.00. The molecule has 0 saturated carbocycles. The summed E-state index contributed by atoms with van der Waals surface area (Å²) in [6, 6.07) is 2.40. The van der Waals surface area contributed by atoms with E-state index >= 15 is 0 Å². The van der Waals surface area contributed by atoms with Gasteiger partial charge in [0.05, 0.1) is 4.92 Å². The van der Waals surface area contributed by atoms with Crippen LogP contribution in [-0.4, -0.2) is 17.5 Å². The Morgan fingerprint density at radius 1 is 1.29 bits per heavy atom. The van der Waals surface area contributed by atoms with E-state index in [0.29, 0.717) is 12.6 Å². The lowest BCUT2D eigenvalue weighted by Crippen LogP contribution is -1.97. The van der Waals surface area contributed by atoms with Crippen molar-refractivity contribution in [2.24, 2.45) is 0 Å². The van der Waals surface area contributed by atoms with E-state index in [0.717, 1.165) is 6.07 Å². The average Bonchev–Trinajstić information content (AvgIpc) is 2.17. The van der Waals surface area contributed by atoms with Gasteiger partial charge in [0.2, 0.25) is 0 Å². The van der Waals surface area contributed by atoms with Crippen LogP contribution in [0.25, 0.3) is 0 Å². The van der Waals surface area contributed by atoms with Gasteiger partial charge in [-0.3, -0.25) is 19.7 Å². The zero-order valence-corrected chi connectivity index (χ0v) is 8.35. The van der Waals surface area contributed by atoms with Crippen LogP contribution < -0.4 is 0 Å². The van der Waals surface area contributed by atoms with E-state index in [9.17, 15) is 19.7 Å². The van der Waals surface area contributed by atoms with E-state index in [2.05, 4.69) is 15.9 Å². The van der Waals surface area contributed by atoms with Gasteiger partial charge in [-0.05, 0) is 22.0 Å². The zero-order valence-electron chi connectivity index (χ0n) is 6.77. The number of hydrogen-bond donors (Lipinski definition) is 0. The molecular formula is C8H4BrNO4. The fraction of sp³-hybridized carbons (Fsp3) is 0. The van der Waals surface area contributed by atoms with Crippen LogP contribution in [0.1, 0.15) is 20.7 Å². The molecule has 0 bridgehead atoms. The largest absolute Gasteiger partial charge is 0.298 e. The molecule has 0 atom stereocenters. The molecule has 0 N–H and O–H groups in total.